The molecule has 0 saturated carbocycles. The zero-order valence-corrected chi connectivity index (χ0v) is 72.7. The van der Waals surface area contributed by atoms with Crippen molar-refractivity contribution >= 4 is 121 Å². The maximum absolute atomic E-state index is 7.08. The van der Waals surface area contributed by atoms with Gasteiger partial charge >= 0.3 is 33.0 Å². The summed E-state index contributed by atoms with van der Waals surface area (Å²) in [5, 5.41) is 7.24. The molecule has 0 radical (unpaired) electrons. The highest BCUT2D eigenvalue weighted by atomic mass is 31.1. The van der Waals surface area contributed by atoms with Gasteiger partial charge in [-0.2, -0.15) is 0 Å². The molecule has 0 N–H and O–H groups in total. The van der Waals surface area contributed by atoms with Crippen LogP contribution < -0.4 is 37.0 Å². The second-order valence-electron chi connectivity index (χ2n) is 32.6. The Morgan fingerprint density at radius 1 is 0.267 bits per heavy atom. The first-order valence-corrected chi connectivity index (χ1v) is 43.0. The van der Waals surface area contributed by atoms with Crippen LogP contribution in [-0.2, 0) is 16.2 Å². The zero-order valence-electron chi connectivity index (χ0n) is 69.1. The number of para-hydroxylation sites is 4. The van der Waals surface area contributed by atoms with E-state index in [9.17, 15) is 0 Å². The lowest BCUT2D eigenvalue weighted by Crippen LogP contribution is -2.11. The van der Waals surface area contributed by atoms with Crippen LogP contribution in [0.5, 0.6) is 46.0 Å². The van der Waals surface area contributed by atoms with E-state index in [0.29, 0.717) is 96.2 Å². The van der Waals surface area contributed by atoms with Crippen molar-refractivity contribution in [1.29, 1.82) is 0 Å². The lowest BCUT2D eigenvalue weighted by molar-refractivity contribution is 0.389. The smallest absolute Gasteiger partial charge is 0.453 e. The molecule has 20 heteroatoms. The summed E-state index contributed by atoms with van der Waals surface area (Å²) in [6.45, 7) is 34.2. The van der Waals surface area contributed by atoms with Crippen molar-refractivity contribution in [2.75, 3.05) is 28.4 Å². The van der Waals surface area contributed by atoms with E-state index in [4.69, 9.17) is 70.6 Å². The number of aryl methyl sites for hydroxylation is 5. The summed E-state index contributed by atoms with van der Waals surface area (Å²) in [5.74, 6) is 4.45. The Bertz CT molecular complexity index is 6550. The second-order valence-corrected chi connectivity index (χ2v) is 36.6. The van der Waals surface area contributed by atoms with Crippen LogP contribution >= 0.6 is 33.0 Å². The highest BCUT2D eigenvalue weighted by Crippen LogP contribution is 2.55. The van der Waals surface area contributed by atoms with Crippen LogP contribution in [0.15, 0.2) is 246 Å². The Labute approximate surface area is 679 Å². The van der Waals surface area contributed by atoms with E-state index in [1.54, 1.807) is 28.4 Å². The molecule has 116 heavy (non-hydrogen) atoms. The lowest BCUT2D eigenvalue weighted by Gasteiger charge is -2.22. The Morgan fingerprint density at radius 2 is 0.586 bits per heavy atom. The molecule has 0 bridgehead atoms. The van der Waals surface area contributed by atoms with Gasteiger partial charge in [-0.1, -0.05) is 185 Å². The Hall–Kier alpha value is -11.4. The van der Waals surface area contributed by atoms with Crippen molar-refractivity contribution in [2.24, 2.45) is 0 Å². The van der Waals surface area contributed by atoms with Crippen LogP contribution in [0.1, 0.15) is 132 Å². The average Bonchev–Trinajstić information content (AvgIpc) is 1.48. The monoisotopic (exact) mass is 1630 g/mol. The van der Waals surface area contributed by atoms with E-state index in [1.807, 2.05) is 149 Å². The van der Waals surface area contributed by atoms with E-state index in [1.165, 1.54) is 5.56 Å². The highest BCUT2D eigenvalue weighted by molar-refractivity contribution is 7.33. The number of methoxy groups -OCH3 is 4. The molecule has 16 rings (SSSR count). The number of benzene rings is 12. The number of rotatable bonds is 15. The molecule has 0 aliphatic heterocycles. The van der Waals surface area contributed by atoms with Crippen molar-refractivity contribution in [1.82, 2.24) is 0 Å². The molecule has 0 amide bonds. The molecule has 0 aliphatic rings. The molecular formula is C96H96O16P4. The van der Waals surface area contributed by atoms with Crippen molar-refractivity contribution in [3.63, 3.8) is 0 Å². The number of fused-ring (bicyclic) bond motifs is 12. The van der Waals surface area contributed by atoms with Gasteiger partial charge in [0, 0.05) is 65.3 Å². The normalized spacial score (nSPS) is 12.2. The predicted molar refractivity (Wildman–Crippen MR) is 473 cm³/mol. The minimum Gasteiger partial charge on any atom is -0.493 e. The van der Waals surface area contributed by atoms with Crippen LogP contribution in [0.2, 0.25) is 0 Å². The molecule has 16 nitrogen and oxygen atoms in total. The van der Waals surface area contributed by atoms with Crippen LogP contribution in [0.3, 0.4) is 0 Å². The summed E-state index contributed by atoms with van der Waals surface area (Å²) in [4.78, 5) is 0. The van der Waals surface area contributed by atoms with Gasteiger partial charge in [0.25, 0.3) is 0 Å². The van der Waals surface area contributed by atoms with Crippen LogP contribution in [0.4, 0.5) is 0 Å². The van der Waals surface area contributed by atoms with Gasteiger partial charge in [0.15, 0.2) is 45.7 Å². The SMILES string of the molecule is COc1cc(C)cc(-c2cc(C(C)C)c(C)cc2Op2oc3ccccc3c3ccccc3o2)c1Op1oc2ccccc2c2ccccc2o1.COc1cc(C)cc(-c2ccc(C(C)(C)C)cc2Op2oc3cc(C(C)(C)C)ccc3c3cc(C)cc(OC)c3o2)c1Op1oc2cc(C(C)(C)C)ccc2c2cc(C)cc(OC)c2o1. The fourth-order valence-corrected chi connectivity index (χ4v) is 18.8. The van der Waals surface area contributed by atoms with Gasteiger partial charge in [-0.25, -0.2) is 0 Å². The minimum absolute atomic E-state index is 0.132. The summed E-state index contributed by atoms with van der Waals surface area (Å²) in [5.41, 5.74) is 17.1. The third-order valence-corrected chi connectivity index (χ3v) is 24.6. The third kappa shape index (κ3) is 16.5. The largest absolute Gasteiger partial charge is 0.493 e. The average molecular weight is 1630 g/mol. The van der Waals surface area contributed by atoms with Crippen molar-refractivity contribution in [2.45, 2.75) is 133 Å². The molecule has 4 heterocycles. The Kier molecular flexibility index (Phi) is 22.3. The second kappa shape index (κ2) is 32.4. The van der Waals surface area contributed by atoms with Gasteiger partial charge in [0.05, 0.1) is 28.4 Å². The molecule has 0 saturated heterocycles. The van der Waals surface area contributed by atoms with Gasteiger partial charge in [-0.3, -0.25) is 0 Å². The Balaban J connectivity index is 0.000000187. The van der Waals surface area contributed by atoms with Gasteiger partial charge in [-0.05, 0) is 210 Å². The van der Waals surface area contributed by atoms with Gasteiger partial charge in [-0.15, -0.1) is 0 Å². The number of ether oxygens (including phenoxy) is 4. The summed E-state index contributed by atoms with van der Waals surface area (Å²) >= 11 is 0. The molecule has 2 unspecified atom stereocenters. The number of hydrogen-bond donors (Lipinski definition) is 0. The van der Waals surface area contributed by atoms with Crippen molar-refractivity contribution in [3.8, 4) is 68.2 Å². The van der Waals surface area contributed by atoms with Crippen molar-refractivity contribution < 1.29 is 70.6 Å². The van der Waals surface area contributed by atoms with E-state index in [-0.39, 0.29) is 22.2 Å². The van der Waals surface area contributed by atoms with E-state index in [2.05, 4.69) is 174 Å². The lowest BCUT2D eigenvalue weighted by atomic mass is 9.85. The molecule has 16 aromatic rings. The van der Waals surface area contributed by atoms with Gasteiger partial charge in [0.2, 0.25) is 0 Å². The quantitative estimate of drug-likeness (QED) is 0.0945. The summed E-state index contributed by atoms with van der Waals surface area (Å²) in [6.07, 6.45) is 0. The summed E-state index contributed by atoms with van der Waals surface area (Å²) in [6, 6.07) is 70.8. The standard InChI is InChI=1S/C54H60O9P2.C42H36O7P2/c1-31-22-40-37-19-16-34(52(4,5)6)28-43(37)58-64(61-49(40)46(25-31)55-13)59-44-29-35(53(7,8)9)17-20-38(44)41-23-32(2)26-47(56-14)50(41)62-65-60-45-30-36(54(10,11)12)18-21-39(45)42-24-33(3)27-48(57-15)51(42)63-65;1-26(2)33-25-34(40(24-28(33)4)48-50-44-36-18-10-6-14-29(36)30-15-7-11-19-37(30)45-50)35-22-27(3)23-41(43-5)42(35)49-51-46-38-20-12-8-16-31(38)32-17-9-13-21-39(32)47-51/h16-30H,1-15H3;6-26H,1-5H3. The van der Waals surface area contributed by atoms with E-state index in [0.717, 1.165) is 104 Å². The summed E-state index contributed by atoms with van der Waals surface area (Å²) in [7, 11) is -1.61. The van der Waals surface area contributed by atoms with Crippen LogP contribution in [0, 0.1) is 34.6 Å². The number of hydrogen-bond acceptors (Lipinski definition) is 16. The van der Waals surface area contributed by atoms with E-state index >= 15 is 0 Å². The topological polar surface area (TPSA) is 179 Å². The molecule has 2 atom stereocenters. The maximum Gasteiger partial charge on any atom is 0.453 e. The summed E-state index contributed by atoms with van der Waals surface area (Å²) < 4.78 is 105. The molecule has 596 valence electrons. The van der Waals surface area contributed by atoms with Crippen LogP contribution in [-0.4, -0.2) is 28.4 Å². The van der Waals surface area contributed by atoms with Crippen LogP contribution in [0.25, 0.3) is 110 Å². The molecule has 0 spiro atoms. The van der Waals surface area contributed by atoms with Gasteiger partial charge < -0.3 is 70.6 Å². The zero-order chi connectivity index (χ0) is 81.8. The maximum atomic E-state index is 7.08. The molecule has 4 aromatic heterocycles. The molecule has 0 aliphatic carbocycles. The molecule has 0 fully saturated rings. The minimum atomic E-state index is -2.16. The Morgan fingerprint density at radius 3 is 0.983 bits per heavy atom. The predicted octanol–water partition coefficient (Wildman–Crippen LogP) is 31.1. The van der Waals surface area contributed by atoms with Gasteiger partial charge in [0.1, 0.15) is 45.0 Å². The first kappa shape index (κ1) is 79.9. The first-order chi connectivity index (χ1) is 55.5. The third-order valence-electron chi connectivity index (χ3n) is 20.5. The fraction of sp³-hybridized carbons (Fsp3) is 0.250. The highest BCUT2D eigenvalue weighted by Gasteiger charge is 2.29. The molecular weight excluding hydrogens is 1530 g/mol. The fourth-order valence-electron chi connectivity index (χ4n) is 14.4. The van der Waals surface area contributed by atoms with E-state index < -0.39 is 33.0 Å². The molecule has 12 aromatic carbocycles. The first-order valence-electron chi connectivity index (χ1n) is 38.6. The van der Waals surface area contributed by atoms with Crippen molar-refractivity contribution in [3.05, 3.63) is 262 Å².